The number of nitrogens with one attached hydrogen (secondary N) is 1. The van der Waals surface area contributed by atoms with Crippen LogP contribution in [0.25, 0.3) is 0 Å². The van der Waals surface area contributed by atoms with Crippen LogP contribution in [0.2, 0.25) is 0 Å². The van der Waals surface area contributed by atoms with E-state index in [2.05, 4.69) is 5.32 Å². The predicted molar refractivity (Wildman–Crippen MR) is 87.6 cm³/mol. The molecule has 0 bridgehead atoms. The van der Waals surface area contributed by atoms with Crippen molar-refractivity contribution in [2.75, 3.05) is 6.54 Å². The third-order valence-electron chi connectivity index (χ3n) is 3.19. The van der Waals surface area contributed by atoms with E-state index in [1.807, 2.05) is 17.5 Å². The van der Waals surface area contributed by atoms with Crippen molar-refractivity contribution in [1.82, 2.24) is 5.32 Å². The molecule has 1 aromatic carbocycles. The van der Waals surface area contributed by atoms with Gasteiger partial charge in [-0.2, -0.15) is 0 Å². The van der Waals surface area contributed by atoms with Gasteiger partial charge in [-0.15, -0.1) is 11.3 Å². The fraction of sp³-hybridized carbons (Fsp3) is 0.294. The molecule has 116 valence electrons. The number of carbonyl (C=O) groups is 2. The standard InChI is InChI=1S/C17H19NO3S/c1-12(19)14-5-7-15(8-6-14)21-13(2)17(20)18-10-9-16-4-3-11-22-16/h3-8,11,13H,9-10H2,1-2H3,(H,18,20). The Kier molecular flexibility index (Phi) is 5.72. The van der Waals surface area contributed by atoms with E-state index in [0.29, 0.717) is 17.9 Å². The van der Waals surface area contributed by atoms with Crippen LogP contribution in [0, 0.1) is 0 Å². The van der Waals surface area contributed by atoms with Crippen molar-refractivity contribution in [3.63, 3.8) is 0 Å². The van der Waals surface area contributed by atoms with Crippen molar-refractivity contribution >= 4 is 23.0 Å². The van der Waals surface area contributed by atoms with Crippen LogP contribution in [-0.2, 0) is 11.2 Å². The topological polar surface area (TPSA) is 55.4 Å². The summed E-state index contributed by atoms with van der Waals surface area (Å²) in [6.07, 6.45) is 0.246. The van der Waals surface area contributed by atoms with Crippen molar-refractivity contribution in [1.29, 1.82) is 0 Å². The molecule has 0 aliphatic heterocycles. The number of ketones is 1. The second-order valence-electron chi connectivity index (χ2n) is 4.96. The normalized spacial score (nSPS) is 11.7. The lowest BCUT2D eigenvalue weighted by atomic mass is 10.1. The maximum absolute atomic E-state index is 12.0. The van der Waals surface area contributed by atoms with Crippen molar-refractivity contribution in [3.8, 4) is 5.75 Å². The Bertz CT molecular complexity index is 620. The molecule has 1 unspecified atom stereocenters. The number of ether oxygens (including phenoxy) is 1. The SMILES string of the molecule is CC(=O)c1ccc(OC(C)C(=O)NCCc2cccs2)cc1. The Hall–Kier alpha value is -2.14. The summed E-state index contributed by atoms with van der Waals surface area (Å²) in [5.74, 6) is 0.434. The minimum Gasteiger partial charge on any atom is -0.481 e. The fourth-order valence-corrected chi connectivity index (χ4v) is 2.64. The lowest BCUT2D eigenvalue weighted by Crippen LogP contribution is -2.37. The van der Waals surface area contributed by atoms with E-state index < -0.39 is 6.10 Å². The Morgan fingerprint density at radius 3 is 2.55 bits per heavy atom. The molecule has 4 nitrogen and oxygen atoms in total. The van der Waals surface area contributed by atoms with Gasteiger partial charge in [0.05, 0.1) is 0 Å². The van der Waals surface area contributed by atoms with Gasteiger partial charge in [-0.1, -0.05) is 6.07 Å². The molecule has 0 aliphatic carbocycles. The number of thiophene rings is 1. The van der Waals surface area contributed by atoms with E-state index in [1.54, 1.807) is 42.5 Å². The molecule has 1 N–H and O–H groups in total. The number of hydrogen-bond donors (Lipinski definition) is 1. The van der Waals surface area contributed by atoms with Gasteiger partial charge < -0.3 is 10.1 Å². The monoisotopic (exact) mass is 317 g/mol. The lowest BCUT2D eigenvalue weighted by Gasteiger charge is -2.14. The first-order valence-corrected chi connectivity index (χ1v) is 8.02. The van der Waals surface area contributed by atoms with Gasteiger partial charge in [-0.05, 0) is 56.0 Å². The molecular weight excluding hydrogens is 298 g/mol. The largest absolute Gasteiger partial charge is 0.481 e. The zero-order valence-electron chi connectivity index (χ0n) is 12.7. The summed E-state index contributed by atoms with van der Waals surface area (Å²) in [6.45, 7) is 3.81. The average molecular weight is 317 g/mol. The van der Waals surface area contributed by atoms with Gasteiger partial charge in [0.25, 0.3) is 5.91 Å². The zero-order chi connectivity index (χ0) is 15.9. The zero-order valence-corrected chi connectivity index (χ0v) is 13.5. The highest BCUT2D eigenvalue weighted by atomic mass is 32.1. The van der Waals surface area contributed by atoms with Crippen LogP contribution < -0.4 is 10.1 Å². The molecule has 1 heterocycles. The number of hydrogen-bond acceptors (Lipinski definition) is 4. The third-order valence-corrected chi connectivity index (χ3v) is 4.13. The number of benzene rings is 1. The van der Waals surface area contributed by atoms with Crippen molar-refractivity contribution < 1.29 is 14.3 Å². The Balaban J connectivity index is 1.79. The van der Waals surface area contributed by atoms with E-state index in [1.165, 1.54) is 11.8 Å². The van der Waals surface area contributed by atoms with Crippen molar-refractivity contribution in [2.45, 2.75) is 26.4 Å². The van der Waals surface area contributed by atoms with E-state index in [9.17, 15) is 9.59 Å². The Morgan fingerprint density at radius 1 is 1.23 bits per heavy atom. The van der Waals surface area contributed by atoms with Crippen LogP contribution >= 0.6 is 11.3 Å². The highest BCUT2D eigenvalue weighted by Crippen LogP contribution is 2.14. The van der Waals surface area contributed by atoms with E-state index >= 15 is 0 Å². The number of amides is 1. The summed E-state index contributed by atoms with van der Waals surface area (Å²) in [6, 6.07) is 10.8. The molecule has 2 rings (SSSR count). The van der Waals surface area contributed by atoms with Crippen molar-refractivity contribution in [3.05, 3.63) is 52.2 Å². The maximum Gasteiger partial charge on any atom is 0.260 e. The van der Waals surface area contributed by atoms with Gasteiger partial charge in [0.15, 0.2) is 11.9 Å². The Labute approximate surface area is 134 Å². The molecule has 0 aliphatic rings. The average Bonchev–Trinajstić information content (AvgIpc) is 3.01. The van der Waals surface area contributed by atoms with E-state index in [4.69, 9.17) is 4.74 Å². The van der Waals surface area contributed by atoms with E-state index in [0.717, 1.165) is 6.42 Å². The molecule has 1 amide bonds. The molecule has 0 saturated carbocycles. The van der Waals surface area contributed by atoms with Crippen LogP contribution in [0.15, 0.2) is 41.8 Å². The van der Waals surface area contributed by atoms with Crippen LogP contribution in [0.3, 0.4) is 0 Å². The second-order valence-corrected chi connectivity index (χ2v) is 5.99. The first kappa shape index (κ1) is 16.2. The second kappa shape index (κ2) is 7.75. The minimum absolute atomic E-state index is 0.00548. The first-order chi connectivity index (χ1) is 10.6. The molecular formula is C17H19NO3S. The molecule has 1 aromatic heterocycles. The molecule has 2 aromatic rings. The van der Waals surface area contributed by atoms with Gasteiger partial charge >= 0.3 is 0 Å². The molecule has 5 heteroatoms. The number of rotatable bonds is 7. The predicted octanol–water partition coefficient (Wildman–Crippen LogP) is 3.08. The molecule has 1 atom stereocenters. The highest BCUT2D eigenvalue weighted by Gasteiger charge is 2.14. The van der Waals surface area contributed by atoms with Gasteiger partial charge in [-0.25, -0.2) is 0 Å². The summed E-state index contributed by atoms with van der Waals surface area (Å²) < 4.78 is 5.58. The van der Waals surface area contributed by atoms with Crippen LogP contribution in [-0.4, -0.2) is 24.3 Å². The maximum atomic E-state index is 12.0. The number of Topliss-reactive ketones (excluding diaryl/α,β-unsaturated/α-hetero) is 1. The van der Waals surface area contributed by atoms with Crippen LogP contribution in [0.4, 0.5) is 0 Å². The summed E-state index contributed by atoms with van der Waals surface area (Å²) >= 11 is 1.68. The molecule has 0 fully saturated rings. The molecule has 22 heavy (non-hydrogen) atoms. The summed E-state index contributed by atoms with van der Waals surface area (Å²) in [5.41, 5.74) is 0.625. The summed E-state index contributed by atoms with van der Waals surface area (Å²) in [5, 5.41) is 4.88. The lowest BCUT2D eigenvalue weighted by molar-refractivity contribution is -0.127. The highest BCUT2D eigenvalue weighted by molar-refractivity contribution is 7.09. The minimum atomic E-state index is -0.577. The van der Waals surface area contributed by atoms with Gasteiger partial charge in [0.2, 0.25) is 0 Å². The molecule has 0 spiro atoms. The Morgan fingerprint density at radius 2 is 1.95 bits per heavy atom. The number of carbonyl (C=O) groups excluding carboxylic acids is 2. The summed E-state index contributed by atoms with van der Waals surface area (Å²) in [7, 11) is 0. The van der Waals surface area contributed by atoms with Gasteiger partial charge in [0.1, 0.15) is 5.75 Å². The van der Waals surface area contributed by atoms with Crippen LogP contribution in [0.5, 0.6) is 5.75 Å². The quantitative estimate of drug-likeness (QED) is 0.799. The third kappa shape index (κ3) is 4.70. The first-order valence-electron chi connectivity index (χ1n) is 7.14. The van der Waals surface area contributed by atoms with E-state index in [-0.39, 0.29) is 11.7 Å². The fourth-order valence-electron chi connectivity index (χ4n) is 1.93. The van der Waals surface area contributed by atoms with Gasteiger partial charge in [-0.3, -0.25) is 9.59 Å². The van der Waals surface area contributed by atoms with Crippen molar-refractivity contribution in [2.24, 2.45) is 0 Å². The molecule has 0 saturated heterocycles. The summed E-state index contributed by atoms with van der Waals surface area (Å²) in [4.78, 5) is 24.4. The van der Waals surface area contributed by atoms with Gasteiger partial charge in [0, 0.05) is 17.0 Å². The smallest absolute Gasteiger partial charge is 0.260 e. The molecule has 0 radical (unpaired) electrons. The van der Waals surface area contributed by atoms with Crippen LogP contribution in [0.1, 0.15) is 29.1 Å².